The maximum atomic E-state index is 14.0. The van der Waals surface area contributed by atoms with Gasteiger partial charge in [0.1, 0.15) is 5.82 Å². The van der Waals surface area contributed by atoms with Crippen LogP contribution in [0.1, 0.15) is 11.1 Å². The summed E-state index contributed by atoms with van der Waals surface area (Å²) in [6.07, 6.45) is 0. The summed E-state index contributed by atoms with van der Waals surface area (Å²) in [4.78, 5) is 0. The summed E-state index contributed by atoms with van der Waals surface area (Å²) < 4.78 is 14.0. The van der Waals surface area contributed by atoms with Crippen LogP contribution < -0.4 is 5.32 Å². The van der Waals surface area contributed by atoms with Crippen molar-refractivity contribution in [1.29, 1.82) is 5.26 Å². The number of aryl methyl sites for hydroxylation is 1. The average molecular weight is 276 g/mol. The zero-order valence-corrected chi connectivity index (χ0v) is 11.5. The number of nitriles is 1. The van der Waals surface area contributed by atoms with Crippen LogP contribution >= 0.6 is 0 Å². The summed E-state index contributed by atoms with van der Waals surface area (Å²) in [5.41, 5.74) is 2.70. The molecule has 0 aliphatic carbocycles. The van der Waals surface area contributed by atoms with Gasteiger partial charge in [0, 0.05) is 16.5 Å². The van der Waals surface area contributed by atoms with E-state index in [4.69, 9.17) is 5.26 Å². The molecule has 3 aromatic rings. The van der Waals surface area contributed by atoms with Crippen LogP contribution in [0.25, 0.3) is 10.8 Å². The lowest BCUT2D eigenvalue weighted by Gasteiger charge is -2.12. The first kappa shape index (κ1) is 13.1. The molecule has 0 saturated heterocycles. The van der Waals surface area contributed by atoms with Gasteiger partial charge in [0.25, 0.3) is 0 Å². The van der Waals surface area contributed by atoms with Gasteiger partial charge < -0.3 is 5.32 Å². The monoisotopic (exact) mass is 276 g/mol. The van der Waals surface area contributed by atoms with E-state index < -0.39 is 0 Å². The molecule has 3 rings (SSSR count). The maximum Gasteiger partial charge on any atom is 0.146 e. The van der Waals surface area contributed by atoms with Gasteiger partial charge in [-0.25, -0.2) is 4.39 Å². The molecule has 0 unspecified atom stereocenters. The molecule has 0 saturated carbocycles. The fourth-order valence-electron chi connectivity index (χ4n) is 2.37. The molecule has 21 heavy (non-hydrogen) atoms. The Balaban J connectivity index is 2.12. The fourth-order valence-corrected chi connectivity index (χ4v) is 2.37. The number of nitrogens with one attached hydrogen (secondary N) is 1. The highest BCUT2D eigenvalue weighted by molar-refractivity contribution is 5.98. The quantitative estimate of drug-likeness (QED) is 0.722. The SMILES string of the molecule is Cc1ccc(Nc2ccc(C#N)c3ccccc23)c(F)c1. The highest BCUT2D eigenvalue weighted by atomic mass is 19.1. The van der Waals surface area contributed by atoms with E-state index in [9.17, 15) is 4.39 Å². The Kier molecular flexibility index (Phi) is 3.29. The lowest BCUT2D eigenvalue weighted by molar-refractivity contribution is 0.631. The Morgan fingerprint density at radius 2 is 1.67 bits per heavy atom. The van der Waals surface area contributed by atoms with Crippen molar-refractivity contribution in [2.24, 2.45) is 0 Å². The van der Waals surface area contributed by atoms with Crippen LogP contribution in [0.5, 0.6) is 0 Å². The third-order valence-corrected chi connectivity index (χ3v) is 3.44. The fraction of sp³-hybridized carbons (Fsp3) is 0.0556. The molecule has 3 aromatic carbocycles. The van der Waals surface area contributed by atoms with Gasteiger partial charge in [0.2, 0.25) is 0 Å². The van der Waals surface area contributed by atoms with Gasteiger partial charge in [0.15, 0.2) is 0 Å². The van der Waals surface area contributed by atoms with E-state index in [1.165, 1.54) is 6.07 Å². The number of anilines is 2. The first-order valence-corrected chi connectivity index (χ1v) is 6.64. The summed E-state index contributed by atoms with van der Waals surface area (Å²) in [5.74, 6) is -0.288. The summed E-state index contributed by atoms with van der Waals surface area (Å²) in [6.45, 7) is 1.85. The van der Waals surface area contributed by atoms with Crippen molar-refractivity contribution in [1.82, 2.24) is 0 Å². The van der Waals surface area contributed by atoms with Gasteiger partial charge in [-0.15, -0.1) is 0 Å². The van der Waals surface area contributed by atoms with Crippen LogP contribution in [0.4, 0.5) is 15.8 Å². The normalized spacial score (nSPS) is 10.3. The maximum absolute atomic E-state index is 14.0. The number of nitrogens with zero attached hydrogens (tertiary/aromatic N) is 1. The Morgan fingerprint density at radius 1 is 0.952 bits per heavy atom. The van der Waals surface area contributed by atoms with Gasteiger partial charge in [-0.05, 0) is 36.8 Å². The number of hydrogen-bond donors (Lipinski definition) is 1. The molecule has 0 radical (unpaired) electrons. The molecule has 0 bridgehead atoms. The van der Waals surface area contributed by atoms with Crippen molar-refractivity contribution in [2.45, 2.75) is 6.92 Å². The molecule has 0 spiro atoms. The highest BCUT2D eigenvalue weighted by Gasteiger charge is 2.08. The Labute approximate surface area is 122 Å². The van der Waals surface area contributed by atoms with Crippen molar-refractivity contribution in [2.75, 3.05) is 5.32 Å². The minimum Gasteiger partial charge on any atom is -0.353 e. The molecule has 3 heteroatoms. The van der Waals surface area contributed by atoms with E-state index >= 15 is 0 Å². The lowest BCUT2D eigenvalue weighted by Crippen LogP contribution is -1.96. The Morgan fingerprint density at radius 3 is 2.38 bits per heavy atom. The number of rotatable bonds is 2. The molecule has 0 aromatic heterocycles. The lowest BCUT2D eigenvalue weighted by atomic mass is 10.0. The van der Waals surface area contributed by atoms with Crippen LogP contribution in [-0.2, 0) is 0 Å². The predicted molar refractivity (Wildman–Crippen MR) is 83.1 cm³/mol. The third-order valence-electron chi connectivity index (χ3n) is 3.44. The van der Waals surface area contributed by atoms with E-state index in [-0.39, 0.29) is 5.82 Å². The summed E-state index contributed by atoms with van der Waals surface area (Å²) in [6, 6.07) is 18.4. The van der Waals surface area contributed by atoms with Gasteiger partial charge >= 0.3 is 0 Å². The molecule has 0 aliphatic rings. The van der Waals surface area contributed by atoms with Gasteiger partial charge in [0.05, 0.1) is 17.3 Å². The van der Waals surface area contributed by atoms with Gasteiger partial charge in [-0.1, -0.05) is 30.3 Å². The molecule has 0 heterocycles. The summed E-state index contributed by atoms with van der Waals surface area (Å²) >= 11 is 0. The van der Waals surface area contributed by atoms with Gasteiger partial charge in [-0.3, -0.25) is 0 Å². The van der Waals surface area contributed by atoms with Crippen molar-refractivity contribution >= 4 is 22.1 Å². The van der Waals surface area contributed by atoms with Gasteiger partial charge in [-0.2, -0.15) is 5.26 Å². The minimum atomic E-state index is -0.288. The highest BCUT2D eigenvalue weighted by Crippen LogP contribution is 2.29. The minimum absolute atomic E-state index is 0.288. The molecule has 0 aliphatic heterocycles. The molecule has 2 nitrogen and oxygen atoms in total. The second-order valence-corrected chi connectivity index (χ2v) is 4.93. The number of fused-ring (bicyclic) bond motifs is 1. The molecule has 0 amide bonds. The molecular formula is C18H13FN2. The van der Waals surface area contributed by atoms with E-state index in [0.29, 0.717) is 11.3 Å². The zero-order valence-electron chi connectivity index (χ0n) is 11.5. The molecule has 1 N–H and O–H groups in total. The average Bonchev–Trinajstić information content (AvgIpc) is 2.50. The van der Waals surface area contributed by atoms with Crippen LogP contribution in [0.2, 0.25) is 0 Å². The smallest absolute Gasteiger partial charge is 0.146 e. The van der Waals surface area contributed by atoms with Crippen LogP contribution in [0.15, 0.2) is 54.6 Å². The largest absolute Gasteiger partial charge is 0.353 e. The third kappa shape index (κ3) is 2.44. The molecule has 0 atom stereocenters. The van der Waals surface area contributed by atoms with Crippen molar-refractivity contribution in [3.8, 4) is 6.07 Å². The van der Waals surface area contributed by atoms with E-state index in [0.717, 1.165) is 22.0 Å². The Bertz CT molecular complexity index is 863. The Hall–Kier alpha value is -2.86. The molecule has 102 valence electrons. The summed E-state index contributed by atoms with van der Waals surface area (Å²) in [7, 11) is 0. The number of benzene rings is 3. The van der Waals surface area contributed by atoms with Crippen molar-refractivity contribution < 1.29 is 4.39 Å². The second kappa shape index (κ2) is 5.26. The van der Waals surface area contributed by atoms with E-state index in [1.54, 1.807) is 18.2 Å². The van der Waals surface area contributed by atoms with Crippen LogP contribution in [0, 0.1) is 24.1 Å². The first-order chi connectivity index (χ1) is 10.2. The second-order valence-electron chi connectivity index (χ2n) is 4.93. The molecule has 0 fully saturated rings. The zero-order chi connectivity index (χ0) is 14.8. The predicted octanol–water partition coefficient (Wildman–Crippen LogP) is 4.90. The first-order valence-electron chi connectivity index (χ1n) is 6.64. The molecular weight excluding hydrogens is 263 g/mol. The van der Waals surface area contributed by atoms with Crippen molar-refractivity contribution in [3.05, 3.63) is 71.5 Å². The number of hydrogen-bond acceptors (Lipinski definition) is 2. The van der Waals surface area contributed by atoms with E-state index in [1.807, 2.05) is 37.3 Å². The summed E-state index contributed by atoms with van der Waals surface area (Å²) in [5, 5.41) is 14.0. The topological polar surface area (TPSA) is 35.8 Å². The van der Waals surface area contributed by atoms with E-state index in [2.05, 4.69) is 11.4 Å². The van der Waals surface area contributed by atoms with Crippen molar-refractivity contribution in [3.63, 3.8) is 0 Å². The van der Waals surface area contributed by atoms with Crippen LogP contribution in [0.3, 0.4) is 0 Å². The number of halogens is 1. The standard InChI is InChI=1S/C18H13FN2/c1-12-6-8-18(16(19)10-12)21-17-9-7-13(11-20)14-4-2-3-5-15(14)17/h2-10,21H,1H3. The van der Waals surface area contributed by atoms with Crippen LogP contribution in [-0.4, -0.2) is 0 Å².